The van der Waals surface area contributed by atoms with Gasteiger partial charge in [0, 0.05) is 12.6 Å². The second-order valence-electron chi connectivity index (χ2n) is 8.76. The number of halogens is 1. The molecule has 0 radical (unpaired) electrons. The minimum Gasteiger partial charge on any atom is -0.493 e. The fourth-order valence-electron chi connectivity index (χ4n) is 4.46. The number of benzene rings is 2. The van der Waals surface area contributed by atoms with Gasteiger partial charge in [0.2, 0.25) is 0 Å². The van der Waals surface area contributed by atoms with Crippen molar-refractivity contribution in [3.05, 3.63) is 45.9 Å². The number of fused-ring (bicyclic) bond motifs is 1. The van der Waals surface area contributed by atoms with Gasteiger partial charge < -0.3 is 29.4 Å². The Bertz CT molecular complexity index is 914. The molecule has 1 aliphatic carbocycles. The van der Waals surface area contributed by atoms with Crippen LogP contribution < -0.4 is 24.3 Å². The van der Waals surface area contributed by atoms with Gasteiger partial charge in [-0.3, -0.25) is 0 Å². The highest BCUT2D eigenvalue weighted by Crippen LogP contribution is 2.38. The van der Waals surface area contributed by atoms with Crippen LogP contribution in [0.4, 0.5) is 0 Å². The standard InChI is InChI=1S/C26H34BrNO5/c1-30-25-14-18(16-28-20-7-5-3-2-4-6-8-20)13-21(27)26(25)33-17-22(29)19-9-10-23-24(15-19)32-12-11-31-23/h9-10,13-15,20,22,28-29H,2-8,11-12,16-17H2,1H3. The molecule has 4 rings (SSSR count). The Morgan fingerprint density at radius 3 is 2.52 bits per heavy atom. The maximum absolute atomic E-state index is 10.7. The van der Waals surface area contributed by atoms with Gasteiger partial charge in [-0.05, 0) is 64.2 Å². The van der Waals surface area contributed by atoms with E-state index in [4.69, 9.17) is 18.9 Å². The molecular formula is C26H34BrNO5. The smallest absolute Gasteiger partial charge is 0.175 e. The summed E-state index contributed by atoms with van der Waals surface area (Å²) in [5, 5.41) is 14.4. The van der Waals surface area contributed by atoms with Crippen molar-refractivity contribution >= 4 is 15.9 Å². The van der Waals surface area contributed by atoms with Gasteiger partial charge in [0.15, 0.2) is 23.0 Å². The van der Waals surface area contributed by atoms with Crippen LogP contribution in [-0.2, 0) is 6.54 Å². The Kier molecular flexibility index (Phi) is 8.75. The number of nitrogens with one attached hydrogen (secondary N) is 1. The summed E-state index contributed by atoms with van der Waals surface area (Å²) in [5.74, 6) is 2.58. The van der Waals surface area contributed by atoms with E-state index in [1.807, 2.05) is 18.2 Å². The minimum atomic E-state index is -0.807. The number of hydrogen-bond acceptors (Lipinski definition) is 6. The molecule has 180 valence electrons. The molecule has 1 unspecified atom stereocenters. The number of methoxy groups -OCH3 is 1. The molecule has 1 atom stereocenters. The van der Waals surface area contributed by atoms with Gasteiger partial charge in [-0.15, -0.1) is 0 Å². The molecule has 2 aliphatic rings. The SMILES string of the molecule is COc1cc(CNC2CCCCCCC2)cc(Br)c1OCC(O)c1ccc2c(c1)OCCO2. The van der Waals surface area contributed by atoms with Crippen molar-refractivity contribution in [3.8, 4) is 23.0 Å². The molecule has 1 saturated carbocycles. The van der Waals surface area contributed by atoms with E-state index >= 15 is 0 Å². The predicted octanol–water partition coefficient (Wildman–Crippen LogP) is 5.54. The lowest BCUT2D eigenvalue weighted by Crippen LogP contribution is -2.29. The zero-order chi connectivity index (χ0) is 23.0. The molecule has 6 nitrogen and oxygen atoms in total. The van der Waals surface area contributed by atoms with Crippen LogP contribution in [0.25, 0.3) is 0 Å². The summed E-state index contributed by atoms with van der Waals surface area (Å²) < 4.78 is 23.6. The van der Waals surface area contributed by atoms with Crippen molar-refractivity contribution in [1.29, 1.82) is 0 Å². The largest absolute Gasteiger partial charge is 0.493 e. The number of rotatable bonds is 8. The first kappa shape index (κ1) is 24.2. The summed E-state index contributed by atoms with van der Waals surface area (Å²) in [6.45, 7) is 1.93. The fourth-order valence-corrected chi connectivity index (χ4v) is 5.07. The Morgan fingerprint density at radius 1 is 1.03 bits per heavy atom. The highest BCUT2D eigenvalue weighted by Gasteiger charge is 2.19. The van der Waals surface area contributed by atoms with E-state index in [0.29, 0.717) is 47.8 Å². The van der Waals surface area contributed by atoms with E-state index in [2.05, 4.69) is 27.3 Å². The van der Waals surface area contributed by atoms with E-state index < -0.39 is 6.10 Å². The molecule has 2 aromatic rings. The van der Waals surface area contributed by atoms with Crippen LogP contribution in [0.1, 0.15) is 62.2 Å². The van der Waals surface area contributed by atoms with Crippen LogP contribution in [0.15, 0.2) is 34.8 Å². The fraction of sp³-hybridized carbons (Fsp3) is 0.538. The summed E-state index contributed by atoms with van der Waals surface area (Å²) in [5.41, 5.74) is 1.86. The van der Waals surface area contributed by atoms with Crippen molar-refractivity contribution in [2.75, 3.05) is 26.9 Å². The predicted molar refractivity (Wildman–Crippen MR) is 132 cm³/mol. The van der Waals surface area contributed by atoms with Crippen molar-refractivity contribution in [3.63, 3.8) is 0 Å². The van der Waals surface area contributed by atoms with Crippen LogP contribution in [0.5, 0.6) is 23.0 Å². The molecular weight excluding hydrogens is 486 g/mol. The lowest BCUT2D eigenvalue weighted by Gasteiger charge is -2.22. The number of aliphatic hydroxyl groups is 1. The van der Waals surface area contributed by atoms with Gasteiger partial charge in [-0.25, -0.2) is 0 Å². The van der Waals surface area contributed by atoms with Crippen LogP contribution in [0, 0.1) is 0 Å². The van der Waals surface area contributed by atoms with Crippen LogP contribution in [0.3, 0.4) is 0 Å². The Hall–Kier alpha value is -1.96. The maximum Gasteiger partial charge on any atom is 0.175 e. The summed E-state index contributed by atoms with van der Waals surface area (Å²) in [6.07, 6.45) is 8.38. The summed E-state index contributed by atoms with van der Waals surface area (Å²) >= 11 is 3.63. The molecule has 7 heteroatoms. The Labute approximate surface area is 204 Å². The van der Waals surface area contributed by atoms with Crippen molar-refractivity contribution < 1.29 is 24.1 Å². The highest BCUT2D eigenvalue weighted by atomic mass is 79.9. The molecule has 1 fully saturated rings. The molecule has 0 spiro atoms. The van der Waals surface area contributed by atoms with Gasteiger partial charge in [0.05, 0.1) is 11.6 Å². The van der Waals surface area contributed by atoms with Crippen LogP contribution in [-0.4, -0.2) is 38.1 Å². The van der Waals surface area contributed by atoms with Gasteiger partial charge in [-0.1, -0.05) is 38.2 Å². The maximum atomic E-state index is 10.7. The van der Waals surface area contributed by atoms with Crippen molar-refractivity contribution in [1.82, 2.24) is 5.32 Å². The third-order valence-corrected chi connectivity index (χ3v) is 6.91. The minimum absolute atomic E-state index is 0.0915. The topological polar surface area (TPSA) is 69.2 Å². The lowest BCUT2D eigenvalue weighted by atomic mass is 9.96. The average molecular weight is 520 g/mol. The summed E-state index contributed by atoms with van der Waals surface area (Å²) in [7, 11) is 1.64. The van der Waals surface area contributed by atoms with Gasteiger partial charge in [0.1, 0.15) is 25.9 Å². The molecule has 0 bridgehead atoms. The van der Waals surface area contributed by atoms with Crippen LogP contribution in [0.2, 0.25) is 0 Å². The molecule has 2 N–H and O–H groups in total. The van der Waals surface area contributed by atoms with E-state index in [1.54, 1.807) is 13.2 Å². The number of ether oxygens (including phenoxy) is 4. The zero-order valence-electron chi connectivity index (χ0n) is 19.3. The Balaban J connectivity index is 1.37. The average Bonchev–Trinajstić information content (AvgIpc) is 2.81. The Morgan fingerprint density at radius 2 is 1.76 bits per heavy atom. The first-order valence-electron chi connectivity index (χ1n) is 11.9. The van der Waals surface area contributed by atoms with E-state index in [9.17, 15) is 5.11 Å². The summed E-state index contributed by atoms with van der Waals surface area (Å²) in [4.78, 5) is 0. The van der Waals surface area contributed by atoms with Gasteiger partial charge in [0.25, 0.3) is 0 Å². The normalized spacial score (nSPS) is 17.7. The molecule has 2 aromatic carbocycles. The lowest BCUT2D eigenvalue weighted by molar-refractivity contribution is 0.105. The molecule has 33 heavy (non-hydrogen) atoms. The third kappa shape index (κ3) is 6.55. The number of aliphatic hydroxyl groups excluding tert-OH is 1. The first-order valence-corrected chi connectivity index (χ1v) is 12.7. The van der Waals surface area contributed by atoms with Crippen molar-refractivity contribution in [2.24, 2.45) is 0 Å². The highest BCUT2D eigenvalue weighted by molar-refractivity contribution is 9.10. The molecule has 0 saturated heterocycles. The monoisotopic (exact) mass is 519 g/mol. The van der Waals surface area contributed by atoms with Crippen molar-refractivity contribution in [2.45, 2.75) is 63.6 Å². The van der Waals surface area contributed by atoms with E-state index in [-0.39, 0.29) is 6.61 Å². The number of hydrogen-bond donors (Lipinski definition) is 2. The van der Waals surface area contributed by atoms with Gasteiger partial charge in [-0.2, -0.15) is 0 Å². The molecule has 0 aromatic heterocycles. The van der Waals surface area contributed by atoms with E-state index in [1.165, 1.54) is 44.9 Å². The van der Waals surface area contributed by atoms with Gasteiger partial charge >= 0.3 is 0 Å². The molecule has 1 heterocycles. The van der Waals surface area contributed by atoms with Crippen LogP contribution >= 0.6 is 15.9 Å². The second kappa shape index (κ2) is 12.0. The molecule has 0 amide bonds. The summed E-state index contributed by atoms with van der Waals surface area (Å²) in [6, 6.07) is 10.1. The quantitative estimate of drug-likeness (QED) is 0.476. The molecule has 1 aliphatic heterocycles. The zero-order valence-corrected chi connectivity index (χ0v) is 20.9. The third-order valence-electron chi connectivity index (χ3n) is 6.33. The first-order chi connectivity index (χ1) is 16.1. The second-order valence-corrected chi connectivity index (χ2v) is 9.62. The van der Waals surface area contributed by atoms with E-state index in [0.717, 1.165) is 16.6 Å².